The first kappa shape index (κ1) is 15.8. The van der Waals surface area contributed by atoms with E-state index in [-0.39, 0.29) is 17.9 Å². The summed E-state index contributed by atoms with van der Waals surface area (Å²) >= 11 is 9.12. The number of aliphatic hydroxyl groups is 1. The number of benzene rings is 1. The van der Waals surface area contributed by atoms with Crippen molar-refractivity contribution in [1.82, 2.24) is 0 Å². The van der Waals surface area contributed by atoms with Crippen LogP contribution in [0.1, 0.15) is 25.7 Å². The van der Waals surface area contributed by atoms with Gasteiger partial charge in [0.25, 0.3) is 0 Å². The van der Waals surface area contributed by atoms with Crippen molar-refractivity contribution in [2.45, 2.75) is 44.4 Å². The van der Waals surface area contributed by atoms with Gasteiger partial charge in [-0.25, -0.2) is 0 Å². The van der Waals surface area contributed by atoms with Crippen LogP contribution in [-0.2, 0) is 0 Å². The van der Waals surface area contributed by atoms with Gasteiger partial charge in [-0.2, -0.15) is 8.78 Å². The zero-order valence-corrected chi connectivity index (χ0v) is 12.9. The van der Waals surface area contributed by atoms with Crippen LogP contribution >= 0.6 is 27.5 Å². The monoisotopic (exact) mass is 369 g/mol. The van der Waals surface area contributed by atoms with Crippen LogP contribution in [0.3, 0.4) is 0 Å². The fraction of sp³-hybridized carbons (Fsp3) is 0.538. The molecule has 2 N–H and O–H groups in total. The van der Waals surface area contributed by atoms with Crippen LogP contribution in [0, 0.1) is 0 Å². The van der Waals surface area contributed by atoms with E-state index in [1.807, 2.05) is 0 Å². The first-order valence-corrected chi connectivity index (χ1v) is 7.51. The SMILES string of the molecule is OC1CCC(Nc2cc(Cl)cc(Br)c2OC(F)F)CC1. The van der Waals surface area contributed by atoms with Gasteiger partial charge in [0.1, 0.15) is 0 Å². The Morgan fingerprint density at radius 1 is 1.30 bits per heavy atom. The van der Waals surface area contributed by atoms with E-state index in [1.54, 1.807) is 6.07 Å². The largest absolute Gasteiger partial charge is 0.431 e. The van der Waals surface area contributed by atoms with Gasteiger partial charge in [0.15, 0.2) is 5.75 Å². The summed E-state index contributed by atoms with van der Waals surface area (Å²) in [6, 6.07) is 3.19. The zero-order chi connectivity index (χ0) is 14.7. The molecule has 7 heteroatoms. The molecule has 0 aromatic heterocycles. The molecule has 0 saturated heterocycles. The number of alkyl halides is 2. The molecule has 112 valence electrons. The summed E-state index contributed by atoms with van der Waals surface area (Å²) in [5.41, 5.74) is 0.436. The Balaban J connectivity index is 2.16. The molecule has 0 atom stereocenters. The average molecular weight is 371 g/mol. The first-order chi connectivity index (χ1) is 9.45. The minimum Gasteiger partial charge on any atom is -0.431 e. The summed E-state index contributed by atoms with van der Waals surface area (Å²) in [6.07, 6.45) is 2.68. The van der Waals surface area contributed by atoms with Gasteiger partial charge in [-0.1, -0.05) is 11.6 Å². The highest BCUT2D eigenvalue weighted by Crippen LogP contribution is 2.38. The molecule has 0 unspecified atom stereocenters. The third-order valence-electron chi connectivity index (χ3n) is 3.27. The molecule has 3 nitrogen and oxygen atoms in total. The summed E-state index contributed by atoms with van der Waals surface area (Å²) in [6.45, 7) is -2.90. The maximum Gasteiger partial charge on any atom is 0.387 e. The molecule has 1 saturated carbocycles. The average Bonchev–Trinajstić information content (AvgIpc) is 2.36. The maximum absolute atomic E-state index is 12.5. The molecule has 1 aromatic rings. The molecule has 1 aromatic carbocycles. The molecule has 0 radical (unpaired) electrons. The smallest absolute Gasteiger partial charge is 0.387 e. The van der Waals surface area contributed by atoms with E-state index in [0.29, 0.717) is 28.0 Å². The van der Waals surface area contributed by atoms with Crippen molar-refractivity contribution < 1.29 is 18.6 Å². The van der Waals surface area contributed by atoms with E-state index in [2.05, 4.69) is 26.0 Å². The second kappa shape index (κ2) is 6.91. The van der Waals surface area contributed by atoms with Crippen molar-refractivity contribution in [3.05, 3.63) is 21.6 Å². The normalized spacial score (nSPS) is 22.9. The van der Waals surface area contributed by atoms with Crippen LogP contribution < -0.4 is 10.1 Å². The van der Waals surface area contributed by atoms with Gasteiger partial charge in [-0.15, -0.1) is 0 Å². The Hall–Kier alpha value is -0.590. The summed E-state index contributed by atoms with van der Waals surface area (Å²) in [7, 11) is 0. The van der Waals surface area contributed by atoms with Gasteiger partial charge in [0.2, 0.25) is 0 Å². The molecule has 2 rings (SSSR count). The highest BCUT2D eigenvalue weighted by atomic mass is 79.9. The van der Waals surface area contributed by atoms with E-state index in [1.165, 1.54) is 6.07 Å². The Bertz CT molecular complexity index is 468. The molecular weight excluding hydrogens is 356 g/mol. The topological polar surface area (TPSA) is 41.5 Å². The molecule has 1 fully saturated rings. The number of anilines is 1. The molecule has 0 amide bonds. The summed E-state index contributed by atoms with van der Waals surface area (Å²) in [5, 5.41) is 13.1. The molecule has 0 spiro atoms. The fourth-order valence-electron chi connectivity index (χ4n) is 2.32. The zero-order valence-electron chi connectivity index (χ0n) is 10.6. The van der Waals surface area contributed by atoms with Gasteiger partial charge >= 0.3 is 6.61 Å². The van der Waals surface area contributed by atoms with Crippen LogP contribution in [0.25, 0.3) is 0 Å². The lowest BCUT2D eigenvalue weighted by atomic mass is 9.93. The lowest BCUT2D eigenvalue weighted by Gasteiger charge is -2.28. The molecule has 0 aliphatic heterocycles. The van der Waals surface area contributed by atoms with Crippen molar-refractivity contribution >= 4 is 33.2 Å². The number of halogens is 4. The number of hydrogen-bond acceptors (Lipinski definition) is 3. The van der Waals surface area contributed by atoms with Crippen molar-refractivity contribution in [3.8, 4) is 5.75 Å². The maximum atomic E-state index is 12.5. The number of rotatable bonds is 4. The molecule has 0 heterocycles. The Morgan fingerprint density at radius 3 is 2.55 bits per heavy atom. The number of nitrogens with one attached hydrogen (secondary N) is 1. The van der Waals surface area contributed by atoms with E-state index < -0.39 is 6.61 Å². The highest BCUT2D eigenvalue weighted by Gasteiger charge is 2.22. The third-order valence-corrected chi connectivity index (χ3v) is 4.08. The van der Waals surface area contributed by atoms with Crippen molar-refractivity contribution in [3.63, 3.8) is 0 Å². The molecule has 1 aliphatic carbocycles. The highest BCUT2D eigenvalue weighted by molar-refractivity contribution is 9.10. The Labute approximate surface area is 129 Å². The number of ether oxygens (including phenoxy) is 1. The summed E-state index contributed by atoms with van der Waals surface area (Å²) < 4.78 is 29.9. The molecule has 1 aliphatic rings. The fourth-order valence-corrected chi connectivity index (χ4v) is 3.22. The minimum atomic E-state index is -2.90. The van der Waals surface area contributed by atoms with Crippen molar-refractivity contribution in [2.24, 2.45) is 0 Å². The number of hydrogen-bond donors (Lipinski definition) is 2. The van der Waals surface area contributed by atoms with E-state index in [9.17, 15) is 13.9 Å². The van der Waals surface area contributed by atoms with Crippen molar-refractivity contribution in [2.75, 3.05) is 5.32 Å². The second-order valence-corrected chi connectivity index (χ2v) is 6.08. The first-order valence-electron chi connectivity index (χ1n) is 6.34. The van der Waals surface area contributed by atoms with Gasteiger partial charge in [-0.3, -0.25) is 0 Å². The summed E-state index contributed by atoms with van der Waals surface area (Å²) in [5.74, 6) is 0.0514. The van der Waals surface area contributed by atoms with Crippen LogP contribution in [0.15, 0.2) is 16.6 Å². The third kappa shape index (κ3) is 4.20. The lowest BCUT2D eigenvalue weighted by molar-refractivity contribution is -0.0499. The Kier molecular flexibility index (Phi) is 5.46. The van der Waals surface area contributed by atoms with E-state index in [0.717, 1.165) is 12.8 Å². The molecular formula is C13H15BrClF2NO2. The van der Waals surface area contributed by atoms with E-state index in [4.69, 9.17) is 11.6 Å². The molecule has 20 heavy (non-hydrogen) atoms. The number of aliphatic hydroxyl groups excluding tert-OH is 1. The van der Waals surface area contributed by atoms with Crippen LogP contribution in [-0.4, -0.2) is 23.9 Å². The second-order valence-electron chi connectivity index (χ2n) is 4.79. The lowest BCUT2D eigenvalue weighted by Crippen LogP contribution is -2.28. The summed E-state index contributed by atoms with van der Waals surface area (Å²) in [4.78, 5) is 0. The predicted molar refractivity (Wildman–Crippen MR) is 77.7 cm³/mol. The van der Waals surface area contributed by atoms with E-state index >= 15 is 0 Å². The van der Waals surface area contributed by atoms with Gasteiger partial charge in [-0.05, 0) is 53.7 Å². The van der Waals surface area contributed by atoms with Crippen LogP contribution in [0.4, 0.5) is 14.5 Å². The van der Waals surface area contributed by atoms with Crippen molar-refractivity contribution in [1.29, 1.82) is 0 Å². The molecule has 0 bridgehead atoms. The van der Waals surface area contributed by atoms with Crippen LogP contribution in [0.5, 0.6) is 5.75 Å². The minimum absolute atomic E-state index is 0.0514. The predicted octanol–water partition coefficient (Wildman–Crippen LogP) is 4.42. The quantitative estimate of drug-likeness (QED) is 0.824. The van der Waals surface area contributed by atoms with Gasteiger partial charge in [0, 0.05) is 11.1 Å². The van der Waals surface area contributed by atoms with Gasteiger partial charge < -0.3 is 15.2 Å². The Morgan fingerprint density at radius 2 is 1.95 bits per heavy atom. The van der Waals surface area contributed by atoms with Gasteiger partial charge in [0.05, 0.1) is 16.3 Å². The standard InChI is InChI=1S/C13H15BrClF2NO2/c14-10-5-7(15)6-11(12(10)20-13(16)17)18-8-1-3-9(19)4-2-8/h5-6,8-9,13,18-19H,1-4H2. The van der Waals surface area contributed by atoms with Crippen LogP contribution in [0.2, 0.25) is 5.02 Å².